The Morgan fingerprint density at radius 1 is 0.950 bits per heavy atom. The molecule has 2 aromatic rings. The fourth-order valence-corrected chi connectivity index (χ4v) is 1.67. The maximum absolute atomic E-state index is 13.5. The number of anilines is 2. The number of benzene rings is 1. The van der Waals surface area contributed by atoms with Crippen LogP contribution in [0.4, 0.5) is 29.1 Å². The lowest BCUT2D eigenvalue weighted by atomic mass is 10.2. The molecule has 1 aromatic heterocycles. The zero-order valence-corrected chi connectivity index (χ0v) is 11.1. The number of rotatable bonds is 2. The highest BCUT2D eigenvalue weighted by atomic mass is 35.5. The average molecular weight is 306 g/mol. The molecule has 0 fully saturated rings. The van der Waals surface area contributed by atoms with E-state index in [0.717, 1.165) is 0 Å². The molecule has 0 spiro atoms. The Bertz CT molecular complexity index is 665. The molecule has 1 aromatic carbocycles. The summed E-state index contributed by atoms with van der Waals surface area (Å²) >= 11 is 5.77. The van der Waals surface area contributed by atoms with Crippen LogP contribution in [0.2, 0.25) is 5.15 Å². The van der Waals surface area contributed by atoms with Gasteiger partial charge in [-0.2, -0.15) is 0 Å². The highest BCUT2D eigenvalue weighted by Crippen LogP contribution is 2.29. The second-order valence-electron chi connectivity index (χ2n) is 4.00. The van der Waals surface area contributed by atoms with E-state index < -0.39 is 29.0 Å². The van der Waals surface area contributed by atoms with Crippen LogP contribution < -0.4 is 5.32 Å². The molecule has 8 heteroatoms. The van der Waals surface area contributed by atoms with E-state index in [1.165, 1.54) is 0 Å². The van der Waals surface area contributed by atoms with Crippen LogP contribution in [0.15, 0.2) is 6.07 Å². The summed E-state index contributed by atoms with van der Waals surface area (Å²) in [7, 11) is 0. The monoisotopic (exact) mass is 305 g/mol. The van der Waals surface area contributed by atoms with E-state index >= 15 is 0 Å². The first-order chi connectivity index (χ1) is 9.31. The Morgan fingerprint density at radius 2 is 1.45 bits per heavy atom. The fraction of sp³-hybridized carbons (Fsp3) is 0.167. The molecular weight excluding hydrogens is 298 g/mol. The molecule has 106 valence electrons. The van der Waals surface area contributed by atoms with Gasteiger partial charge in [0.2, 0.25) is 0 Å². The summed E-state index contributed by atoms with van der Waals surface area (Å²) in [5.74, 6) is -6.39. The van der Waals surface area contributed by atoms with Crippen LogP contribution in [0.5, 0.6) is 0 Å². The molecule has 0 aliphatic rings. The summed E-state index contributed by atoms with van der Waals surface area (Å²) in [6.07, 6.45) is 0. The maximum atomic E-state index is 13.5. The highest BCUT2D eigenvalue weighted by molar-refractivity contribution is 6.31. The van der Waals surface area contributed by atoms with Gasteiger partial charge in [0.05, 0.1) is 11.4 Å². The summed E-state index contributed by atoms with van der Waals surface area (Å²) in [4.78, 5) is 7.81. The van der Waals surface area contributed by atoms with E-state index in [9.17, 15) is 17.6 Å². The number of aryl methyl sites for hydroxylation is 2. The molecule has 0 aliphatic heterocycles. The number of nitrogens with zero attached hydrogens (tertiary/aromatic N) is 2. The van der Waals surface area contributed by atoms with Crippen molar-refractivity contribution in [2.45, 2.75) is 13.8 Å². The lowest BCUT2D eigenvalue weighted by Crippen LogP contribution is -2.06. The van der Waals surface area contributed by atoms with E-state index in [2.05, 4.69) is 15.3 Å². The summed E-state index contributed by atoms with van der Waals surface area (Å²) in [6.45, 7) is 3.24. The third-order valence-electron chi connectivity index (χ3n) is 2.62. The fourth-order valence-electron chi connectivity index (χ4n) is 1.46. The van der Waals surface area contributed by atoms with Crippen molar-refractivity contribution in [3.8, 4) is 0 Å². The van der Waals surface area contributed by atoms with Gasteiger partial charge in [0.15, 0.2) is 34.2 Å². The second kappa shape index (κ2) is 5.24. The summed E-state index contributed by atoms with van der Waals surface area (Å²) < 4.78 is 53.2. The predicted octanol–water partition coefficient (Wildman–Crippen LogP) is 4.05. The zero-order chi connectivity index (χ0) is 15.0. The van der Waals surface area contributed by atoms with Gasteiger partial charge in [0.25, 0.3) is 0 Å². The van der Waals surface area contributed by atoms with Gasteiger partial charge < -0.3 is 5.32 Å². The van der Waals surface area contributed by atoms with Crippen LogP contribution in [-0.4, -0.2) is 9.97 Å². The third-order valence-corrected chi connectivity index (χ3v) is 2.88. The number of nitrogens with one attached hydrogen (secondary N) is 1. The van der Waals surface area contributed by atoms with Crippen LogP contribution >= 0.6 is 11.6 Å². The smallest absolute Gasteiger partial charge is 0.185 e. The molecule has 1 N–H and O–H groups in total. The minimum Gasteiger partial charge on any atom is -0.333 e. The SMILES string of the molecule is Cc1nc(Cl)c(Nc2c(F)c(F)cc(F)c2F)nc1C. The molecule has 0 saturated heterocycles. The molecule has 0 amide bonds. The molecule has 0 aliphatic carbocycles. The van der Waals surface area contributed by atoms with Crippen LogP contribution in [0.25, 0.3) is 0 Å². The van der Waals surface area contributed by atoms with Gasteiger partial charge in [0.1, 0.15) is 5.69 Å². The van der Waals surface area contributed by atoms with Crippen LogP contribution in [0.3, 0.4) is 0 Å². The van der Waals surface area contributed by atoms with Crippen molar-refractivity contribution in [2.75, 3.05) is 5.32 Å². The molecule has 2 rings (SSSR count). The quantitative estimate of drug-likeness (QED) is 0.672. The number of aromatic nitrogens is 2. The highest BCUT2D eigenvalue weighted by Gasteiger charge is 2.21. The normalized spacial score (nSPS) is 10.8. The molecule has 0 radical (unpaired) electrons. The van der Waals surface area contributed by atoms with E-state index in [4.69, 9.17) is 11.6 Å². The Balaban J connectivity index is 2.53. The lowest BCUT2D eigenvalue weighted by molar-refractivity contribution is 0.459. The molecule has 0 bridgehead atoms. The van der Waals surface area contributed by atoms with E-state index in [1.807, 2.05) is 0 Å². The number of hydrogen-bond donors (Lipinski definition) is 1. The molecule has 20 heavy (non-hydrogen) atoms. The summed E-state index contributed by atoms with van der Waals surface area (Å²) in [6, 6.07) is 0.115. The van der Waals surface area contributed by atoms with E-state index in [1.54, 1.807) is 13.8 Å². The van der Waals surface area contributed by atoms with Gasteiger partial charge >= 0.3 is 0 Å². The molecular formula is C12H8ClF4N3. The minimum absolute atomic E-state index is 0.115. The molecule has 3 nitrogen and oxygen atoms in total. The van der Waals surface area contributed by atoms with Crippen molar-refractivity contribution in [3.63, 3.8) is 0 Å². The first-order valence-corrected chi connectivity index (χ1v) is 5.79. The largest absolute Gasteiger partial charge is 0.333 e. The van der Waals surface area contributed by atoms with E-state index in [-0.39, 0.29) is 17.0 Å². The Kier molecular flexibility index (Phi) is 3.80. The zero-order valence-electron chi connectivity index (χ0n) is 10.4. The Morgan fingerprint density at radius 3 is 2.00 bits per heavy atom. The van der Waals surface area contributed by atoms with Crippen LogP contribution in [-0.2, 0) is 0 Å². The van der Waals surface area contributed by atoms with Crippen molar-refractivity contribution in [2.24, 2.45) is 0 Å². The average Bonchev–Trinajstić information content (AvgIpc) is 2.38. The van der Waals surface area contributed by atoms with Crippen molar-refractivity contribution in [1.82, 2.24) is 9.97 Å². The van der Waals surface area contributed by atoms with Gasteiger partial charge in [-0.25, -0.2) is 27.5 Å². The van der Waals surface area contributed by atoms with Crippen molar-refractivity contribution >= 4 is 23.1 Å². The van der Waals surface area contributed by atoms with Crippen LogP contribution in [0.1, 0.15) is 11.4 Å². The van der Waals surface area contributed by atoms with Crippen molar-refractivity contribution in [3.05, 3.63) is 45.9 Å². The molecule has 1 heterocycles. The molecule has 0 unspecified atom stereocenters. The topological polar surface area (TPSA) is 37.8 Å². The summed E-state index contributed by atoms with van der Waals surface area (Å²) in [5.41, 5.74) is -0.0385. The first kappa shape index (κ1) is 14.5. The summed E-state index contributed by atoms with van der Waals surface area (Å²) in [5, 5.41) is 1.95. The number of hydrogen-bond acceptors (Lipinski definition) is 3. The molecule has 0 atom stereocenters. The van der Waals surface area contributed by atoms with Gasteiger partial charge in [-0.05, 0) is 13.8 Å². The maximum Gasteiger partial charge on any atom is 0.185 e. The Labute approximate surface area is 116 Å². The Hall–Kier alpha value is -1.89. The van der Waals surface area contributed by atoms with Gasteiger partial charge in [-0.15, -0.1) is 0 Å². The first-order valence-electron chi connectivity index (χ1n) is 5.42. The lowest BCUT2D eigenvalue weighted by Gasteiger charge is -2.11. The second-order valence-corrected chi connectivity index (χ2v) is 4.36. The predicted molar refractivity (Wildman–Crippen MR) is 66.1 cm³/mol. The van der Waals surface area contributed by atoms with Gasteiger partial charge in [-0.1, -0.05) is 11.6 Å². The third kappa shape index (κ3) is 2.53. The van der Waals surface area contributed by atoms with Crippen molar-refractivity contribution in [1.29, 1.82) is 0 Å². The van der Waals surface area contributed by atoms with Crippen molar-refractivity contribution < 1.29 is 17.6 Å². The van der Waals surface area contributed by atoms with Gasteiger partial charge in [-0.3, -0.25) is 0 Å². The standard InChI is InChI=1S/C12H8ClF4N3/c1-4-5(2)19-12(11(13)18-4)20-10-8(16)6(14)3-7(15)9(10)17/h3H,1-2H3,(H,19,20). The van der Waals surface area contributed by atoms with E-state index in [0.29, 0.717) is 11.4 Å². The minimum atomic E-state index is -1.57. The van der Waals surface area contributed by atoms with Crippen LogP contribution in [0, 0.1) is 37.1 Å². The molecule has 0 saturated carbocycles. The van der Waals surface area contributed by atoms with Gasteiger partial charge in [0, 0.05) is 6.07 Å². The number of halogens is 5.